The predicted octanol–water partition coefficient (Wildman–Crippen LogP) is 2.01. The van der Waals surface area contributed by atoms with E-state index in [-0.39, 0.29) is 18.0 Å². The Bertz CT molecular complexity index is 331. The predicted molar refractivity (Wildman–Crippen MR) is 62.7 cm³/mol. The highest BCUT2D eigenvalue weighted by atomic mass is 16.5. The Hall–Kier alpha value is -1.25. The first-order chi connectivity index (χ1) is 7.66. The zero-order valence-corrected chi connectivity index (χ0v) is 9.90. The molecule has 0 bridgehead atoms. The van der Waals surface area contributed by atoms with Crippen LogP contribution >= 0.6 is 0 Å². The van der Waals surface area contributed by atoms with E-state index >= 15 is 0 Å². The monoisotopic (exact) mass is 221 g/mol. The number of carbonyl (C=O) groups excluding carboxylic acids is 1. The topological polar surface area (TPSA) is 38.3 Å². The molecule has 1 heterocycles. The largest absolute Gasteiger partial charge is 0.463 e. The van der Waals surface area contributed by atoms with Crippen molar-refractivity contribution in [1.29, 1.82) is 0 Å². The quantitative estimate of drug-likeness (QED) is 0.725. The first-order valence-electron chi connectivity index (χ1n) is 5.98. The number of nitrogens with one attached hydrogen (secondary N) is 1. The molecule has 0 aromatic heterocycles. The maximum atomic E-state index is 11.8. The van der Waals surface area contributed by atoms with Gasteiger partial charge in [0, 0.05) is 18.2 Å². The van der Waals surface area contributed by atoms with Gasteiger partial charge in [0.25, 0.3) is 0 Å². The third-order valence-corrected chi connectivity index (χ3v) is 3.08. The van der Waals surface area contributed by atoms with Crippen LogP contribution < -0.4 is 5.32 Å². The summed E-state index contributed by atoms with van der Waals surface area (Å²) in [5, 5.41) is 3.33. The minimum absolute atomic E-state index is 0.0102. The van der Waals surface area contributed by atoms with Crippen LogP contribution in [0.5, 0.6) is 0 Å². The van der Waals surface area contributed by atoms with E-state index in [4.69, 9.17) is 4.74 Å². The number of esters is 1. The molecule has 0 spiro atoms. The Kier molecular flexibility index (Phi) is 3.32. The molecule has 0 aromatic carbocycles. The summed E-state index contributed by atoms with van der Waals surface area (Å²) in [6, 6.07) is 0. The van der Waals surface area contributed by atoms with E-state index < -0.39 is 0 Å². The van der Waals surface area contributed by atoms with Gasteiger partial charge in [-0.1, -0.05) is 12.2 Å². The van der Waals surface area contributed by atoms with Gasteiger partial charge in [-0.25, -0.2) is 0 Å². The lowest BCUT2D eigenvalue weighted by Crippen LogP contribution is -2.39. The van der Waals surface area contributed by atoms with E-state index in [0.29, 0.717) is 12.5 Å². The van der Waals surface area contributed by atoms with Crippen molar-refractivity contribution in [3.63, 3.8) is 0 Å². The molecule has 1 aliphatic heterocycles. The molecule has 3 heteroatoms. The van der Waals surface area contributed by atoms with Gasteiger partial charge in [-0.15, -0.1) is 0 Å². The second-order valence-electron chi connectivity index (χ2n) is 4.78. The van der Waals surface area contributed by atoms with Gasteiger partial charge in [-0.2, -0.15) is 0 Å². The van der Waals surface area contributed by atoms with Gasteiger partial charge >= 0.3 is 5.97 Å². The molecule has 0 saturated carbocycles. The van der Waals surface area contributed by atoms with Gasteiger partial charge in [0.05, 0.1) is 12.0 Å². The Morgan fingerprint density at radius 1 is 1.56 bits per heavy atom. The zero-order valence-electron chi connectivity index (χ0n) is 9.90. The van der Waals surface area contributed by atoms with Crippen molar-refractivity contribution >= 4 is 5.97 Å². The van der Waals surface area contributed by atoms with Crippen molar-refractivity contribution in [2.45, 2.75) is 32.8 Å². The molecule has 0 aromatic rings. The number of ether oxygens (including phenoxy) is 1. The Morgan fingerprint density at radius 3 is 3.12 bits per heavy atom. The average Bonchev–Trinajstić information content (AvgIpc) is 2.27. The van der Waals surface area contributed by atoms with Gasteiger partial charge in [-0.3, -0.25) is 4.79 Å². The van der Waals surface area contributed by atoms with Crippen LogP contribution in [0.25, 0.3) is 0 Å². The maximum absolute atomic E-state index is 11.8. The third-order valence-electron chi connectivity index (χ3n) is 3.08. The van der Waals surface area contributed by atoms with E-state index in [9.17, 15) is 4.79 Å². The molecule has 88 valence electrons. The second kappa shape index (κ2) is 4.73. The summed E-state index contributed by atoms with van der Waals surface area (Å²) < 4.78 is 5.25. The number of hydrogen-bond donors (Lipinski definition) is 1. The van der Waals surface area contributed by atoms with E-state index in [2.05, 4.69) is 23.5 Å². The molecule has 1 aliphatic carbocycles. The molecular weight excluding hydrogens is 202 g/mol. The molecule has 1 saturated heterocycles. The van der Waals surface area contributed by atoms with Crippen molar-refractivity contribution in [3.8, 4) is 0 Å². The minimum atomic E-state index is -0.0592. The Labute approximate surface area is 96.6 Å². The lowest BCUT2D eigenvalue weighted by molar-refractivity contribution is -0.153. The molecule has 0 radical (unpaired) electrons. The number of rotatable bonds is 2. The van der Waals surface area contributed by atoms with Gasteiger partial charge in [0.15, 0.2) is 0 Å². The van der Waals surface area contributed by atoms with Crippen LogP contribution in [-0.4, -0.2) is 18.6 Å². The van der Waals surface area contributed by atoms with Crippen molar-refractivity contribution in [2.24, 2.45) is 11.8 Å². The summed E-state index contributed by atoms with van der Waals surface area (Å²) in [6.45, 7) is 4.49. The van der Waals surface area contributed by atoms with Gasteiger partial charge in [-0.05, 0) is 32.8 Å². The van der Waals surface area contributed by atoms with Crippen LogP contribution in [0.3, 0.4) is 0 Å². The lowest BCUT2D eigenvalue weighted by Gasteiger charge is -2.32. The van der Waals surface area contributed by atoms with Crippen molar-refractivity contribution in [2.75, 3.05) is 6.54 Å². The van der Waals surface area contributed by atoms with Crippen LogP contribution in [0.2, 0.25) is 0 Å². The van der Waals surface area contributed by atoms with Crippen molar-refractivity contribution in [3.05, 3.63) is 23.9 Å². The summed E-state index contributed by atoms with van der Waals surface area (Å²) in [5.74, 6) is 0.426. The van der Waals surface area contributed by atoms with Crippen LogP contribution in [0.15, 0.2) is 23.9 Å². The molecule has 16 heavy (non-hydrogen) atoms. The van der Waals surface area contributed by atoms with Crippen molar-refractivity contribution in [1.82, 2.24) is 5.32 Å². The van der Waals surface area contributed by atoms with Crippen LogP contribution in [0, 0.1) is 11.8 Å². The van der Waals surface area contributed by atoms with Gasteiger partial charge in [0.1, 0.15) is 0 Å². The molecule has 0 amide bonds. The first kappa shape index (κ1) is 11.2. The SMILES string of the molecule is CC(C)OC(=O)C1CNC2=CC=CCC2C1. The first-order valence-corrected chi connectivity index (χ1v) is 5.98. The number of carbonyl (C=O) groups is 1. The van der Waals surface area contributed by atoms with Crippen LogP contribution in [0.4, 0.5) is 0 Å². The molecule has 2 rings (SSSR count). The van der Waals surface area contributed by atoms with Gasteiger partial charge < -0.3 is 10.1 Å². The lowest BCUT2D eigenvalue weighted by atomic mass is 9.83. The maximum Gasteiger partial charge on any atom is 0.311 e. The summed E-state index contributed by atoms with van der Waals surface area (Å²) in [7, 11) is 0. The van der Waals surface area contributed by atoms with Crippen LogP contribution in [-0.2, 0) is 9.53 Å². The van der Waals surface area contributed by atoms with E-state index in [0.717, 1.165) is 12.8 Å². The van der Waals surface area contributed by atoms with E-state index in [1.54, 1.807) is 0 Å². The minimum Gasteiger partial charge on any atom is -0.463 e. The molecule has 1 N–H and O–H groups in total. The average molecular weight is 221 g/mol. The smallest absolute Gasteiger partial charge is 0.311 e. The highest BCUT2D eigenvalue weighted by Crippen LogP contribution is 2.30. The van der Waals surface area contributed by atoms with E-state index in [1.165, 1.54) is 5.70 Å². The third kappa shape index (κ3) is 2.46. The fraction of sp³-hybridized carbons (Fsp3) is 0.615. The number of piperidine rings is 1. The van der Waals surface area contributed by atoms with Crippen molar-refractivity contribution < 1.29 is 9.53 Å². The fourth-order valence-electron chi connectivity index (χ4n) is 2.28. The molecule has 1 fully saturated rings. The number of hydrogen-bond acceptors (Lipinski definition) is 3. The molecule has 2 unspecified atom stereocenters. The van der Waals surface area contributed by atoms with Gasteiger partial charge in [0.2, 0.25) is 0 Å². The molecule has 3 nitrogen and oxygen atoms in total. The summed E-state index contributed by atoms with van der Waals surface area (Å²) in [4.78, 5) is 11.8. The fourth-order valence-corrected chi connectivity index (χ4v) is 2.28. The normalized spacial score (nSPS) is 28.1. The highest BCUT2D eigenvalue weighted by molar-refractivity contribution is 5.73. The zero-order chi connectivity index (χ0) is 11.5. The highest BCUT2D eigenvalue weighted by Gasteiger charge is 2.31. The molecule has 2 aliphatic rings. The summed E-state index contributed by atoms with van der Waals surface area (Å²) in [6.07, 6.45) is 8.27. The Balaban J connectivity index is 1.94. The summed E-state index contributed by atoms with van der Waals surface area (Å²) >= 11 is 0. The Morgan fingerprint density at radius 2 is 2.38 bits per heavy atom. The number of fused-ring (bicyclic) bond motifs is 1. The number of allylic oxidation sites excluding steroid dienone is 4. The molecular formula is C13H19NO2. The molecule has 2 atom stereocenters. The standard InChI is InChI=1S/C13H19NO2/c1-9(2)16-13(15)11-7-10-5-3-4-6-12(10)14-8-11/h3-4,6,9-11,14H,5,7-8H2,1-2H3. The summed E-state index contributed by atoms with van der Waals surface area (Å²) in [5.41, 5.74) is 1.27. The van der Waals surface area contributed by atoms with E-state index in [1.807, 2.05) is 13.8 Å². The second-order valence-corrected chi connectivity index (χ2v) is 4.78. The van der Waals surface area contributed by atoms with Crippen LogP contribution in [0.1, 0.15) is 26.7 Å².